The molecule has 0 amide bonds. The number of nitrogens with one attached hydrogen (secondary N) is 1. The van der Waals surface area contributed by atoms with Crippen LogP contribution < -0.4 is 0 Å². The minimum atomic E-state index is 0. The topological polar surface area (TPSA) is 27.0 Å². The molecule has 0 spiro atoms. The molecule has 0 saturated carbocycles. The van der Waals surface area contributed by atoms with E-state index in [0.29, 0.717) is 0 Å². The Morgan fingerprint density at radius 1 is 1.60 bits per heavy atom. The summed E-state index contributed by atoms with van der Waals surface area (Å²) in [5, 5.41) is 1.25. The summed E-state index contributed by atoms with van der Waals surface area (Å²) in [6.45, 7) is 0. The van der Waals surface area contributed by atoms with Crippen molar-refractivity contribution < 1.29 is 2.85 Å². The SMILES string of the molecule is CN(C)[NH-].[Ga].[HH].[HH]. The maximum absolute atomic E-state index is 6.42. The second kappa shape index (κ2) is 4.56. The molecule has 0 aliphatic heterocycles. The fourth-order valence-corrected chi connectivity index (χ4v) is 0. The Morgan fingerprint density at radius 2 is 1.60 bits per heavy atom. The first-order chi connectivity index (χ1) is 1.73. The fraction of sp³-hybridized carbons (Fsp3) is 1.00. The monoisotopic (exact) mass is 132 g/mol. The minimum Gasteiger partial charge on any atom is -0.610 e. The minimum absolute atomic E-state index is 0. The third-order valence-corrected chi connectivity index (χ3v) is 0. The van der Waals surface area contributed by atoms with Crippen LogP contribution in [0, 0.1) is 0 Å². The molecular weight excluding hydrogens is 122 g/mol. The van der Waals surface area contributed by atoms with Crippen LogP contribution in [0.2, 0.25) is 0 Å². The average Bonchev–Trinajstić information content (AvgIpc) is 0.811. The summed E-state index contributed by atoms with van der Waals surface area (Å²) in [5.41, 5.74) is 0. The molecule has 3 heteroatoms. The number of nitrogens with zero attached hydrogens (tertiary/aromatic N) is 1. The molecule has 0 rings (SSSR count). The van der Waals surface area contributed by atoms with E-state index < -0.39 is 0 Å². The molecular formula is C2H11GaN2-. The van der Waals surface area contributed by atoms with Gasteiger partial charge in [0.2, 0.25) is 0 Å². The Labute approximate surface area is 48.3 Å². The molecule has 0 saturated heterocycles. The van der Waals surface area contributed by atoms with Gasteiger partial charge in [-0.25, -0.2) is 0 Å². The summed E-state index contributed by atoms with van der Waals surface area (Å²) >= 11 is 0. The number of rotatable bonds is 0. The van der Waals surface area contributed by atoms with Crippen LogP contribution in [0.25, 0.3) is 5.84 Å². The molecule has 5 heavy (non-hydrogen) atoms. The van der Waals surface area contributed by atoms with Crippen molar-refractivity contribution in [1.82, 2.24) is 5.01 Å². The molecule has 0 aromatic carbocycles. The summed E-state index contributed by atoms with van der Waals surface area (Å²) < 4.78 is 0. The van der Waals surface area contributed by atoms with Crippen molar-refractivity contribution in [3.63, 3.8) is 0 Å². The molecule has 2 nitrogen and oxygen atoms in total. The van der Waals surface area contributed by atoms with E-state index in [2.05, 4.69) is 0 Å². The van der Waals surface area contributed by atoms with Crippen molar-refractivity contribution >= 4 is 19.8 Å². The van der Waals surface area contributed by atoms with Crippen molar-refractivity contribution in [2.45, 2.75) is 0 Å². The van der Waals surface area contributed by atoms with Crippen LogP contribution >= 0.6 is 0 Å². The summed E-state index contributed by atoms with van der Waals surface area (Å²) in [6.07, 6.45) is 0. The van der Waals surface area contributed by atoms with Crippen LogP contribution in [0.3, 0.4) is 0 Å². The van der Waals surface area contributed by atoms with Crippen LogP contribution in [0.1, 0.15) is 2.85 Å². The zero-order chi connectivity index (χ0) is 3.58. The van der Waals surface area contributed by atoms with Crippen LogP contribution in [-0.4, -0.2) is 38.9 Å². The van der Waals surface area contributed by atoms with Gasteiger partial charge in [0.05, 0.1) is 0 Å². The Morgan fingerprint density at radius 3 is 1.60 bits per heavy atom. The first kappa shape index (κ1) is 9.12. The van der Waals surface area contributed by atoms with Gasteiger partial charge in [-0.1, -0.05) is 0 Å². The normalized spacial score (nSPS) is 7.20. The molecule has 0 aliphatic rings. The Hall–Kier alpha value is 0.556. The van der Waals surface area contributed by atoms with Gasteiger partial charge in [0, 0.05) is 22.6 Å². The predicted octanol–water partition coefficient (Wildman–Crippen LogP) is 0.626. The van der Waals surface area contributed by atoms with Crippen LogP contribution in [0.15, 0.2) is 0 Å². The molecule has 0 aromatic rings. The van der Waals surface area contributed by atoms with Crippen molar-refractivity contribution in [1.29, 1.82) is 0 Å². The fourth-order valence-electron chi connectivity index (χ4n) is 0. The smallest absolute Gasteiger partial charge is 0 e. The van der Waals surface area contributed by atoms with E-state index in [1.54, 1.807) is 14.1 Å². The molecule has 1 N–H and O–H groups in total. The first-order valence-electron chi connectivity index (χ1n) is 1.12. The Balaban J connectivity index is -0.0000000150. The van der Waals surface area contributed by atoms with Crippen molar-refractivity contribution in [3.8, 4) is 0 Å². The maximum atomic E-state index is 6.42. The summed E-state index contributed by atoms with van der Waals surface area (Å²) in [5.74, 6) is 6.42. The predicted molar refractivity (Wildman–Crippen MR) is 28.0 cm³/mol. The molecule has 0 aromatic heterocycles. The van der Waals surface area contributed by atoms with E-state index in [4.69, 9.17) is 5.84 Å². The second-order valence-electron chi connectivity index (χ2n) is 0.894. The molecule has 0 unspecified atom stereocenters. The first-order valence-corrected chi connectivity index (χ1v) is 1.12. The van der Waals surface area contributed by atoms with Gasteiger partial charge in [-0.3, -0.25) is 0 Å². The third kappa shape index (κ3) is 96.2. The van der Waals surface area contributed by atoms with Crippen molar-refractivity contribution in [3.05, 3.63) is 5.84 Å². The Bertz CT molecular complexity index is 18.4. The van der Waals surface area contributed by atoms with E-state index in [9.17, 15) is 0 Å². The van der Waals surface area contributed by atoms with Gasteiger partial charge >= 0.3 is 0 Å². The summed E-state index contributed by atoms with van der Waals surface area (Å²) in [6, 6.07) is 0. The van der Waals surface area contributed by atoms with Gasteiger partial charge in [-0.05, 0) is 14.1 Å². The molecule has 33 valence electrons. The third-order valence-electron chi connectivity index (χ3n) is 0. The van der Waals surface area contributed by atoms with E-state index in [1.807, 2.05) is 0 Å². The summed E-state index contributed by atoms with van der Waals surface area (Å²) in [7, 11) is 3.33. The molecule has 0 aliphatic carbocycles. The zero-order valence-electron chi connectivity index (χ0n) is 3.52. The number of hydrogen-bond donors (Lipinski definition) is 0. The number of hydrogen-bond acceptors (Lipinski definition) is 1. The zero-order valence-corrected chi connectivity index (χ0v) is 5.95. The van der Waals surface area contributed by atoms with Crippen LogP contribution in [0.4, 0.5) is 0 Å². The van der Waals surface area contributed by atoms with Crippen molar-refractivity contribution in [2.75, 3.05) is 14.1 Å². The molecule has 0 fully saturated rings. The Kier molecular flexibility index (Phi) is 8.31. The quantitative estimate of drug-likeness (QED) is 0.351. The summed E-state index contributed by atoms with van der Waals surface area (Å²) in [4.78, 5) is 0. The molecule has 0 atom stereocenters. The van der Waals surface area contributed by atoms with E-state index in [0.717, 1.165) is 0 Å². The van der Waals surface area contributed by atoms with Gasteiger partial charge in [0.1, 0.15) is 0 Å². The van der Waals surface area contributed by atoms with Crippen molar-refractivity contribution in [2.24, 2.45) is 0 Å². The second-order valence-corrected chi connectivity index (χ2v) is 0.894. The van der Waals surface area contributed by atoms with Crippen LogP contribution in [-0.2, 0) is 0 Å². The van der Waals surface area contributed by atoms with E-state index >= 15 is 0 Å². The van der Waals surface area contributed by atoms with Gasteiger partial charge < -0.3 is 10.9 Å². The van der Waals surface area contributed by atoms with Gasteiger partial charge in [0.25, 0.3) is 0 Å². The van der Waals surface area contributed by atoms with Gasteiger partial charge in [-0.2, -0.15) is 0 Å². The van der Waals surface area contributed by atoms with Crippen LogP contribution in [0.5, 0.6) is 0 Å². The van der Waals surface area contributed by atoms with E-state index in [-0.39, 0.29) is 22.6 Å². The molecule has 3 radical (unpaired) electrons. The average molecular weight is 133 g/mol. The largest absolute Gasteiger partial charge is 0.610 e. The molecule has 0 heterocycles. The van der Waals surface area contributed by atoms with Gasteiger partial charge in [0.15, 0.2) is 0 Å². The van der Waals surface area contributed by atoms with Gasteiger partial charge in [-0.15, -0.1) is 0 Å². The molecule has 0 bridgehead atoms. The van der Waals surface area contributed by atoms with E-state index in [1.165, 1.54) is 5.01 Å². The maximum Gasteiger partial charge on any atom is 0 e. The standard InChI is InChI=1S/C2H7N2.Ga.2H2/c1-4(2)3;;;/h3H,1-2H3;;2*1H/q-1;;;.